The standard InChI is InChI=1S/C17H31NO4/c1-17(2,3)22-16(21)18-14(10-11-15(19)20)12-13-8-6-4-5-7-9-13/h13-14H,4-12H2,1-3H3,(H,18,21)(H,19,20). The second kappa shape index (κ2) is 9.01. The number of rotatable bonds is 6. The number of hydrogen-bond acceptors (Lipinski definition) is 3. The summed E-state index contributed by atoms with van der Waals surface area (Å²) < 4.78 is 5.29. The van der Waals surface area contributed by atoms with Crippen LogP contribution in [0.1, 0.15) is 78.6 Å². The molecule has 0 saturated heterocycles. The van der Waals surface area contributed by atoms with E-state index in [1.807, 2.05) is 20.8 Å². The van der Waals surface area contributed by atoms with Crippen LogP contribution in [0.25, 0.3) is 0 Å². The number of carboxylic acids is 1. The zero-order chi connectivity index (χ0) is 16.6. The molecule has 0 aromatic rings. The Bertz CT molecular complexity index is 354. The number of alkyl carbamates (subject to hydrolysis) is 1. The summed E-state index contributed by atoms with van der Waals surface area (Å²) in [6.45, 7) is 5.47. The van der Waals surface area contributed by atoms with Crippen LogP contribution in [0.3, 0.4) is 0 Å². The van der Waals surface area contributed by atoms with E-state index in [1.54, 1.807) is 0 Å². The van der Waals surface area contributed by atoms with Gasteiger partial charge in [0, 0.05) is 12.5 Å². The lowest BCUT2D eigenvalue weighted by atomic mass is 9.91. The van der Waals surface area contributed by atoms with Crippen LogP contribution in [0.2, 0.25) is 0 Å². The lowest BCUT2D eigenvalue weighted by molar-refractivity contribution is -0.137. The fourth-order valence-electron chi connectivity index (χ4n) is 3.02. The Morgan fingerprint density at radius 1 is 1.18 bits per heavy atom. The van der Waals surface area contributed by atoms with E-state index >= 15 is 0 Å². The van der Waals surface area contributed by atoms with E-state index in [-0.39, 0.29) is 12.5 Å². The SMILES string of the molecule is CC(C)(C)OC(=O)NC(CCC(=O)O)CC1CCCCCC1. The van der Waals surface area contributed by atoms with Gasteiger partial charge in [-0.15, -0.1) is 0 Å². The van der Waals surface area contributed by atoms with E-state index in [9.17, 15) is 9.59 Å². The van der Waals surface area contributed by atoms with Gasteiger partial charge in [-0.3, -0.25) is 4.79 Å². The van der Waals surface area contributed by atoms with Crippen molar-refractivity contribution < 1.29 is 19.4 Å². The van der Waals surface area contributed by atoms with Crippen molar-refractivity contribution in [2.75, 3.05) is 0 Å². The van der Waals surface area contributed by atoms with E-state index in [4.69, 9.17) is 9.84 Å². The van der Waals surface area contributed by atoms with Crippen LogP contribution in [0, 0.1) is 5.92 Å². The van der Waals surface area contributed by atoms with E-state index in [2.05, 4.69) is 5.32 Å². The van der Waals surface area contributed by atoms with Gasteiger partial charge in [-0.25, -0.2) is 4.79 Å². The number of carbonyl (C=O) groups is 2. The first kappa shape index (κ1) is 18.8. The monoisotopic (exact) mass is 313 g/mol. The Morgan fingerprint density at radius 2 is 1.77 bits per heavy atom. The average molecular weight is 313 g/mol. The Kier molecular flexibility index (Phi) is 7.69. The van der Waals surface area contributed by atoms with Gasteiger partial charge in [-0.1, -0.05) is 38.5 Å². The summed E-state index contributed by atoms with van der Waals surface area (Å²) >= 11 is 0. The molecule has 1 aliphatic rings. The van der Waals surface area contributed by atoms with Gasteiger partial charge < -0.3 is 15.2 Å². The van der Waals surface area contributed by atoms with Crippen molar-refractivity contribution in [3.63, 3.8) is 0 Å². The second-order valence-corrected chi connectivity index (χ2v) is 7.37. The van der Waals surface area contributed by atoms with E-state index in [0.29, 0.717) is 12.3 Å². The maximum Gasteiger partial charge on any atom is 0.407 e. The molecule has 0 spiro atoms. The molecule has 1 fully saturated rings. The van der Waals surface area contributed by atoms with Gasteiger partial charge in [-0.05, 0) is 39.5 Å². The number of nitrogens with one attached hydrogen (secondary N) is 1. The van der Waals surface area contributed by atoms with Crippen LogP contribution in [0.15, 0.2) is 0 Å². The highest BCUT2D eigenvalue weighted by molar-refractivity contribution is 5.69. The van der Waals surface area contributed by atoms with E-state index in [0.717, 1.165) is 6.42 Å². The number of ether oxygens (including phenoxy) is 1. The number of carbonyl (C=O) groups excluding carboxylic acids is 1. The summed E-state index contributed by atoms with van der Waals surface area (Å²) in [7, 11) is 0. The summed E-state index contributed by atoms with van der Waals surface area (Å²) in [5.74, 6) is -0.243. The molecule has 0 radical (unpaired) electrons. The highest BCUT2D eigenvalue weighted by Gasteiger charge is 2.23. The Labute approximate surface area is 133 Å². The topological polar surface area (TPSA) is 75.6 Å². The molecule has 128 valence electrons. The van der Waals surface area contributed by atoms with Gasteiger partial charge in [0.2, 0.25) is 0 Å². The third-order valence-corrected chi connectivity index (χ3v) is 4.02. The van der Waals surface area contributed by atoms with Gasteiger partial charge in [0.05, 0.1) is 0 Å². The number of amides is 1. The predicted molar refractivity (Wildman–Crippen MR) is 85.8 cm³/mol. The van der Waals surface area contributed by atoms with E-state index in [1.165, 1.54) is 38.5 Å². The maximum atomic E-state index is 11.9. The quantitative estimate of drug-likeness (QED) is 0.724. The molecule has 1 atom stereocenters. The van der Waals surface area contributed by atoms with Crippen molar-refractivity contribution in [1.29, 1.82) is 0 Å². The molecule has 0 heterocycles. The molecule has 1 saturated carbocycles. The smallest absolute Gasteiger partial charge is 0.407 e. The molecule has 0 aromatic carbocycles. The van der Waals surface area contributed by atoms with Crippen molar-refractivity contribution >= 4 is 12.1 Å². The first-order valence-electron chi connectivity index (χ1n) is 8.47. The van der Waals surface area contributed by atoms with Crippen molar-refractivity contribution in [2.45, 2.75) is 90.2 Å². The minimum Gasteiger partial charge on any atom is -0.481 e. The van der Waals surface area contributed by atoms with Crippen LogP contribution >= 0.6 is 0 Å². The molecular weight excluding hydrogens is 282 g/mol. The normalized spacial score (nSPS) is 18.3. The molecule has 5 heteroatoms. The molecule has 1 rings (SSSR count). The van der Waals surface area contributed by atoms with Gasteiger partial charge >= 0.3 is 12.1 Å². The van der Waals surface area contributed by atoms with Gasteiger partial charge in [0.25, 0.3) is 0 Å². The molecule has 22 heavy (non-hydrogen) atoms. The molecule has 1 amide bonds. The highest BCUT2D eigenvalue weighted by Crippen LogP contribution is 2.27. The second-order valence-electron chi connectivity index (χ2n) is 7.37. The minimum atomic E-state index is -0.822. The van der Waals surface area contributed by atoms with Crippen molar-refractivity contribution in [3.8, 4) is 0 Å². The Balaban J connectivity index is 2.54. The van der Waals surface area contributed by atoms with Gasteiger partial charge in [0.1, 0.15) is 5.60 Å². The van der Waals surface area contributed by atoms with Gasteiger partial charge in [0.15, 0.2) is 0 Å². The molecular formula is C17H31NO4. The molecule has 0 bridgehead atoms. The third kappa shape index (κ3) is 8.90. The predicted octanol–water partition coefficient (Wildman–Crippen LogP) is 4.11. The zero-order valence-corrected chi connectivity index (χ0v) is 14.2. The Morgan fingerprint density at radius 3 is 2.27 bits per heavy atom. The number of aliphatic carboxylic acids is 1. The summed E-state index contributed by atoms with van der Waals surface area (Å²) in [6.07, 6.45) is 8.36. The largest absolute Gasteiger partial charge is 0.481 e. The van der Waals surface area contributed by atoms with Crippen molar-refractivity contribution in [2.24, 2.45) is 5.92 Å². The molecule has 5 nitrogen and oxygen atoms in total. The first-order chi connectivity index (χ1) is 10.3. The summed E-state index contributed by atoms with van der Waals surface area (Å²) in [5, 5.41) is 11.8. The summed E-state index contributed by atoms with van der Waals surface area (Å²) in [4.78, 5) is 22.8. The first-order valence-corrected chi connectivity index (χ1v) is 8.47. The van der Waals surface area contributed by atoms with Crippen LogP contribution < -0.4 is 5.32 Å². The summed E-state index contributed by atoms with van der Waals surface area (Å²) in [5.41, 5.74) is -0.538. The minimum absolute atomic E-state index is 0.0766. The van der Waals surface area contributed by atoms with E-state index < -0.39 is 17.7 Å². The van der Waals surface area contributed by atoms with Crippen molar-refractivity contribution in [1.82, 2.24) is 5.32 Å². The summed E-state index contributed by atoms with van der Waals surface area (Å²) in [6, 6.07) is -0.117. The van der Waals surface area contributed by atoms with Crippen molar-refractivity contribution in [3.05, 3.63) is 0 Å². The Hall–Kier alpha value is -1.26. The molecule has 2 N–H and O–H groups in total. The molecule has 0 aliphatic heterocycles. The molecule has 1 unspecified atom stereocenters. The van der Waals surface area contributed by atoms with Crippen LogP contribution in [-0.2, 0) is 9.53 Å². The fraction of sp³-hybridized carbons (Fsp3) is 0.882. The third-order valence-electron chi connectivity index (χ3n) is 4.02. The van der Waals surface area contributed by atoms with Crippen LogP contribution in [0.5, 0.6) is 0 Å². The lowest BCUT2D eigenvalue weighted by Crippen LogP contribution is -2.40. The number of hydrogen-bond donors (Lipinski definition) is 2. The number of carboxylic acid groups (broad SMARTS) is 1. The average Bonchev–Trinajstić information content (AvgIpc) is 2.62. The van der Waals surface area contributed by atoms with Gasteiger partial charge in [-0.2, -0.15) is 0 Å². The highest BCUT2D eigenvalue weighted by atomic mass is 16.6. The maximum absolute atomic E-state index is 11.9. The van der Waals surface area contributed by atoms with Crippen LogP contribution in [0.4, 0.5) is 4.79 Å². The molecule has 1 aliphatic carbocycles. The lowest BCUT2D eigenvalue weighted by Gasteiger charge is -2.26. The van der Waals surface area contributed by atoms with Crippen LogP contribution in [-0.4, -0.2) is 28.8 Å². The fourth-order valence-corrected chi connectivity index (χ4v) is 3.02. The molecule has 0 aromatic heterocycles. The zero-order valence-electron chi connectivity index (χ0n) is 14.2.